The SMILES string of the molecule is CCC(C)c1cc(O)ccc1SC(F)(F)F. The van der Waals surface area contributed by atoms with E-state index in [0.29, 0.717) is 5.56 Å². The molecule has 1 rings (SSSR count). The van der Waals surface area contributed by atoms with Gasteiger partial charge in [0.05, 0.1) is 0 Å². The van der Waals surface area contributed by atoms with Crippen molar-refractivity contribution in [1.82, 2.24) is 0 Å². The molecule has 0 aliphatic heterocycles. The number of thioether (sulfide) groups is 1. The van der Waals surface area contributed by atoms with Crippen molar-refractivity contribution in [2.45, 2.75) is 36.6 Å². The predicted octanol–water partition coefficient (Wildman–Crippen LogP) is 4.52. The third-order valence-corrected chi connectivity index (χ3v) is 3.19. The first-order valence-corrected chi connectivity index (χ1v) is 5.73. The molecule has 5 heteroatoms. The van der Waals surface area contributed by atoms with Crippen LogP contribution in [-0.4, -0.2) is 10.6 Å². The maximum absolute atomic E-state index is 12.3. The summed E-state index contributed by atoms with van der Waals surface area (Å²) in [5.74, 6) is -0.00113. The van der Waals surface area contributed by atoms with Crippen LogP contribution < -0.4 is 0 Å². The van der Waals surface area contributed by atoms with E-state index in [1.807, 2.05) is 13.8 Å². The van der Waals surface area contributed by atoms with Crippen molar-refractivity contribution in [3.05, 3.63) is 23.8 Å². The average molecular weight is 250 g/mol. The van der Waals surface area contributed by atoms with Crippen LogP contribution in [0.2, 0.25) is 0 Å². The van der Waals surface area contributed by atoms with E-state index < -0.39 is 5.51 Å². The van der Waals surface area contributed by atoms with Gasteiger partial charge >= 0.3 is 5.51 Å². The molecule has 0 aliphatic rings. The largest absolute Gasteiger partial charge is 0.508 e. The minimum absolute atomic E-state index is 0.00169. The number of alkyl halides is 3. The van der Waals surface area contributed by atoms with Gasteiger partial charge in [0, 0.05) is 4.90 Å². The molecule has 0 spiro atoms. The molecule has 0 saturated carbocycles. The summed E-state index contributed by atoms with van der Waals surface area (Å²) in [7, 11) is 0. The maximum atomic E-state index is 12.3. The molecule has 1 aromatic rings. The third-order valence-electron chi connectivity index (χ3n) is 2.36. The van der Waals surface area contributed by atoms with Gasteiger partial charge in [0.1, 0.15) is 5.75 Å². The van der Waals surface area contributed by atoms with E-state index in [1.165, 1.54) is 18.2 Å². The predicted molar refractivity (Wildman–Crippen MR) is 58.7 cm³/mol. The van der Waals surface area contributed by atoms with Gasteiger partial charge in [-0.2, -0.15) is 13.2 Å². The maximum Gasteiger partial charge on any atom is 0.446 e. The van der Waals surface area contributed by atoms with Crippen molar-refractivity contribution in [3.63, 3.8) is 0 Å². The van der Waals surface area contributed by atoms with E-state index >= 15 is 0 Å². The van der Waals surface area contributed by atoms with Crippen LogP contribution in [0.1, 0.15) is 31.7 Å². The fourth-order valence-corrected chi connectivity index (χ4v) is 2.12. The number of benzene rings is 1. The topological polar surface area (TPSA) is 20.2 Å². The van der Waals surface area contributed by atoms with Gasteiger partial charge in [0.25, 0.3) is 0 Å². The smallest absolute Gasteiger partial charge is 0.446 e. The highest BCUT2D eigenvalue weighted by molar-refractivity contribution is 8.00. The standard InChI is InChI=1S/C11H13F3OS/c1-3-7(2)9-6-8(15)4-5-10(9)16-11(12,13)14/h4-7,15H,3H2,1-2H3. The van der Waals surface area contributed by atoms with Gasteiger partial charge < -0.3 is 5.11 Å². The Labute approximate surface area is 96.7 Å². The fraction of sp³-hybridized carbons (Fsp3) is 0.455. The number of halogens is 3. The van der Waals surface area contributed by atoms with E-state index in [-0.39, 0.29) is 28.3 Å². The second-order valence-electron chi connectivity index (χ2n) is 3.58. The van der Waals surface area contributed by atoms with Crippen molar-refractivity contribution < 1.29 is 18.3 Å². The average Bonchev–Trinajstić information content (AvgIpc) is 2.17. The molecule has 0 saturated heterocycles. The number of phenols is 1. The van der Waals surface area contributed by atoms with Crippen LogP contribution in [0, 0.1) is 0 Å². The zero-order valence-corrected chi connectivity index (χ0v) is 9.82. The van der Waals surface area contributed by atoms with Crippen LogP contribution in [-0.2, 0) is 0 Å². The van der Waals surface area contributed by atoms with E-state index in [2.05, 4.69) is 0 Å². The molecule has 0 fully saturated rings. The minimum Gasteiger partial charge on any atom is -0.508 e. The Balaban J connectivity index is 3.07. The lowest BCUT2D eigenvalue weighted by molar-refractivity contribution is -0.0328. The van der Waals surface area contributed by atoms with E-state index in [4.69, 9.17) is 0 Å². The molecule has 1 aromatic carbocycles. The third kappa shape index (κ3) is 3.63. The zero-order valence-electron chi connectivity index (χ0n) is 9.01. The molecule has 90 valence electrons. The second-order valence-corrected chi connectivity index (χ2v) is 4.69. The molecule has 0 radical (unpaired) electrons. The first-order valence-electron chi connectivity index (χ1n) is 4.92. The Morgan fingerprint density at radius 3 is 2.50 bits per heavy atom. The Morgan fingerprint density at radius 1 is 1.38 bits per heavy atom. The van der Waals surface area contributed by atoms with Crippen molar-refractivity contribution in [2.24, 2.45) is 0 Å². The molecule has 1 unspecified atom stereocenters. The monoisotopic (exact) mass is 250 g/mol. The van der Waals surface area contributed by atoms with E-state index in [9.17, 15) is 18.3 Å². The molecular weight excluding hydrogens is 237 g/mol. The molecule has 1 nitrogen and oxygen atoms in total. The summed E-state index contributed by atoms with van der Waals surface area (Å²) in [6, 6.07) is 4.00. The number of hydrogen-bond acceptors (Lipinski definition) is 2. The second kappa shape index (κ2) is 4.99. The molecule has 0 aliphatic carbocycles. The molecule has 1 atom stereocenters. The summed E-state index contributed by atoms with van der Waals surface area (Å²) in [5, 5.41) is 9.29. The van der Waals surface area contributed by atoms with Crippen LogP contribution >= 0.6 is 11.8 Å². The lowest BCUT2D eigenvalue weighted by atomic mass is 9.98. The van der Waals surface area contributed by atoms with Gasteiger partial charge in [-0.1, -0.05) is 13.8 Å². The fourth-order valence-electron chi connectivity index (χ4n) is 1.36. The zero-order chi connectivity index (χ0) is 12.3. The highest BCUT2D eigenvalue weighted by atomic mass is 32.2. The van der Waals surface area contributed by atoms with Gasteiger partial charge in [-0.15, -0.1) is 0 Å². The summed E-state index contributed by atoms with van der Waals surface area (Å²) in [4.78, 5) is 0.166. The first-order chi connectivity index (χ1) is 7.33. The van der Waals surface area contributed by atoms with Gasteiger partial charge in [-0.05, 0) is 47.9 Å². The highest BCUT2D eigenvalue weighted by Crippen LogP contribution is 2.41. The molecular formula is C11H13F3OS. The number of hydrogen-bond donors (Lipinski definition) is 1. The van der Waals surface area contributed by atoms with Crippen LogP contribution in [0.4, 0.5) is 13.2 Å². The van der Waals surface area contributed by atoms with Crippen molar-refractivity contribution in [3.8, 4) is 5.75 Å². The number of rotatable bonds is 3. The lowest BCUT2D eigenvalue weighted by Gasteiger charge is -2.15. The molecule has 16 heavy (non-hydrogen) atoms. The molecule has 0 amide bonds. The quantitative estimate of drug-likeness (QED) is 0.796. The number of aromatic hydroxyl groups is 1. The molecule has 1 N–H and O–H groups in total. The van der Waals surface area contributed by atoms with Crippen LogP contribution in [0.3, 0.4) is 0 Å². The van der Waals surface area contributed by atoms with E-state index in [1.54, 1.807) is 0 Å². The molecule has 0 bridgehead atoms. The van der Waals surface area contributed by atoms with Gasteiger partial charge in [-0.3, -0.25) is 0 Å². The van der Waals surface area contributed by atoms with Gasteiger partial charge in [0.15, 0.2) is 0 Å². The van der Waals surface area contributed by atoms with E-state index in [0.717, 1.165) is 6.42 Å². The Morgan fingerprint density at radius 2 is 2.00 bits per heavy atom. The first kappa shape index (κ1) is 13.2. The van der Waals surface area contributed by atoms with Crippen LogP contribution in [0.25, 0.3) is 0 Å². The van der Waals surface area contributed by atoms with Crippen LogP contribution in [0.5, 0.6) is 5.75 Å². The molecule has 0 aromatic heterocycles. The summed E-state index contributed by atoms with van der Waals surface area (Å²) in [6.07, 6.45) is 0.731. The Kier molecular flexibility index (Phi) is 4.13. The van der Waals surface area contributed by atoms with Crippen molar-refractivity contribution >= 4 is 11.8 Å². The summed E-state index contributed by atoms with van der Waals surface area (Å²) in [6.45, 7) is 3.74. The highest BCUT2D eigenvalue weighted by Gasteiger charge is 2.30. The summed E-state index contributed by atoms with van der Waals surface area (Å²) < 4.78 is 36.9. The Bertz CT molecular complexity index is 363. The van der Waals surface area contributed by atoms with Crippen molar-refractivity contribution in [1.29, 1.82) is 0 Å². The lowest BCUT2D eigenvalue weighted by Crippen LogP contribution is -2.02. The van der Waals surface area contributed by atoms with Gasteiger partial charge in [-0.25, -0.2) is 0 Å². The summed E-state index contributed by atoms with van der Waals surface area (Å²) >= 11 is -0.131. The van der Waals surface area contributed by atoms with Gasteiger partial charge in [0.2, 0.25) is 0 Å². The number of phenolic OH excluding ortho intramolecular Hbond substituents is 1. The van der Waals surface area contributed by atoms with Crippen LogP contribution in [0.15, 0.2) is 23.1 Å². The normalized spacial score (nSPS) is 13.8. The minimum atomic E-state index is -4.29. The van der Waals surface area contributed by atoms with Crippen molar-refractivity contribution in [2.75, 3.05) is 0 Å². The summed E-state index contributed by atoms with van der Waals surface area (Å²) in [5.41, 5.74) is -3.75. The molecule has 0 heterocycles. The Hall–Kier alpha value is -0.840.